The Hall–Kier alpha value is -0.430. The summed E-state index contributed by atoms with van der Waals surface area (Å²) >= 11 is 3.32. The highest BCUT2D eigenvalue weighted by Gasteiger charge is 2.21. The number of nitrogens with one attached hydrogen (secondary N) is 1. The molecular weight excluding hydrogens is 330 g/mol. The molecule has 1 rings (SSSR count). The number of benzene rings is 1. The van der Waals surface area contributed by atoms with Crippen molar-refractivity contribution in [2.75, 3.05) is 13.2 Å². The summed E-state index contributed by atoms with van der Waals surface area (Å²) in [5.41, 5.74) is 0.761. The van der Waals surface area contributed by atoms with Gasteiger partial charge in [-0.05, 0) is 29.5 Å². The zero-order valence-corrected chi connectivity index (χ0v) is 13.6. The van der Waals surface area contributed by atoms with Gasteiger partial charge in [-0.1, -0.05) is 41.9 Å². The summed E-state index contributed by atoms with van der Waals surface area (Å²) in [7, 11) is -3.48. The number of halogens is 1. The average molecular weight is 350 g/mol. The Morgan fingerprint density at radius 1 is 1.26 bits per heavy atom. The van der Waals surface area contributed by atoms with Gasteiger partial charge in [0.2, 0.25) is 10.0 Å². The maximum atomic E-state index is 12.1. The van der Waals surface area contributed by atoms with E-state index in [0.717, 1.165) is 5.56 Å². The van der Waals surface area contributed by atoms with Crippen molar-refractivity contribution in [3.05, 3.63) is 29.8 Å². The van der Waals surface area contributed by atoms with Gasteiger partial charge in [0.15, 0.2) is 0 Å². The van der Waals surface area contributed by atoms with E-state index < -0.39 is 10.0 Å². The molecule has 0 radical (unpaired) electrons. The van der Waals surface area contributed by atoms with Gasteiger partial charge >= 0.3 is 0 Å². The summed E-state index contributed by atoms with van der Waals surface area (Å²) < 4.78 is 26.8. The standard InChI is InChI=1S/C13H20BrNO3S/c1-13(2,7-8-16)10-15-19(17,18)12-5-3-11(9-14)4-6-12/h3-6,15-16H,7-10H2,1-2H3. The first-order valence-corrected chi connectivity index (χ1v) is 8.67. The van der Waals surface area contributed by atoms with Gasteiger partial charge in [0, 0.05) is 18.5 Å². The lowest BCUT2D eigenvalue weighted by Crippen LogP contribution is -2.34. The van der Waals surface area contributed by atoms with Crippen molar-refractivity contribution >= 4 is 26.0 Å². The molecule has 0 heterocycles. The number of alkyl halides is 1. The van der Waals surface area contributed by atoms with Gasteiger partial charge in [-0.15, -0.1) is 0 Å². The topological polar surface area (TPSA) is 66.4 Å². The van der Waals surface area contributed by atoms with Crippen molar-refractivity contribution in [1.82, 2.24) is 4.72 Å². The van der Waals surface area contributed by atoms with Crippen LogP contribution in [0.5, 0.6) is 0 Å². The second kappa shape index (κ2) is 6.83. The van der Waals surface area contributed by atoms with E-state index in [1.807, 2.05) is 13.8 Å². The van der Waals surface area contributed by atoms with Gasteiger partial charge in [0.25, 0.3) is 0 Å². The summed E-state index contributed by atoms with van der Waals surface area (Å²) in [6, 6.07) is 6.75. The lowest BCUT2D eigenvalue weighted by atomic mass is 9.90. The molecule has 0 aliphatic carbocycles. The first-order valence-electron chi connectivity index (χ1n) is 6.06. The highest BCUT2D eigenvalue weighted by Crippen LogP contribution is 2.20. The van der Waals surface area contributed by atoms with Gasteiger partial charge in [-0.3, -0.25) is 0 Å². The fraction of sp³-hybridized carbons (Fsp3) is 0.538. The summed E-state index contributed by atoms with van der Waals surface area (Å²) in [5.74, 6) is 0. The van der Waals surface area contributed by atoms with Crippen LogP contribution in [0.3, 0.4) is 0 Å². The minimum absolute atomic E-state index is 0.0503. The van der Waals surface area contributed by atoms with Gasteiger partial charge in [0.05, 0.1) is 4.90 Å². The lowest BCUT2D eigenvalue weighted by Gasteiger charge is -2.23. The summed E-state index contributed by atoms with van der Waals surface area (Å²) in [4.78, 5) is 0.261. The van der Waals surface area contributed by atoms with E-state index in [4.69, 9.17) is 5.11 Å². The molecule has 0 saturated heterocycles. The third-order valence-electron chi connectivity index (χ3n) is 2.92. The van der Waals surface area contributed by atoms with Gasteiger partial charge in [-0.2, -0.15) is 0 Å². The van der Waals surface area contributed by atoms with Crippen LogP contribution in [0, 0.1) is 5.41 Å². The first-order chi connectivity index (χ1) is 8.80. The maximum absolute atomic E-state index is 12.1. The molecule has 2 N–H and O–H groups in total. The van der Waals surface area contributed by atoms with E-state index in [9.17, 15) is 8.42 Å². The van der Waals surface area contributed by atoms with E-state index >= 15 is 0 Å². The predicted molar refractivity (Wildman–Crippen MR) is 79.7 cm³/mol. The fourth-order valence-electron chi connectivity index (χ4n) is 1.52. The van der Waals surface area contributed by atoms with Crippen molar-refractivity contribution in [1.29, 1.82) is 0 Å². The number of hydrogen-bond donors (Lipinski definition) is 2. The molecule has 6 heteroatoms. The van der Waals surface area contributed by atoms with Crippen LogP contribution in [0.4, 0.5) is 0 Å². The Balaban J connectivity index is 2.75. The average Bonchev–Trinajstić information content (AvgIpc) is 2.37. The Bertz CT molecular complexity index is 497. The van der Waals surface area contributed by atoms with Crippen molar-refractivity contribution in [3.8, 4) is 0 Å². The second-order valence-electron chi connectivity index (χ2n) is 5.24. The number of aliphatic hydroxyl groups excluding tert-OH is 1. The maximum Gasteiger partial charge on any atom is 0.240 e. The summed E-state index contributed by atoms with van der Waals surface area (Å²) in [6.45, 7) is 4.18. The zero-order chi connectivity index (χ0) is 14.5. The molecule has 1 aromatic rings. The predicted octanol–water partition coefficient (Wildman–Crippen LogP) is 2.27. The number of hydrogen-bond acceptors (Lipinski definition) is 3. The van der Waals surface area contributed by atoms with Crippen molar-refractivity contribution in [3.63, 3.8) is 0 Å². The molecule has 0 atom stereocenters. The van der Waals surface area contributed by atoms with Crippen LogP contribution >= 0.6 is 15.9 Å². The molecule has 0 aromatic heterocycles. The number of sulfonamides is 1. The molecule has 4 nitrogen and oxygen atoms in total. The molecule has 108 valence electrons. The normalized spacial score (nSPS) is 12.6. The van der Waals surface area contributed by atoms with Crippen molar-refractivity contribution < 1.29 is 13.5 Å². The molecule has 0 bridgehead atoms. The molecule has 1 aromatic carbocycles. The monoisotopic (exact) mass is 349 g/mol. The van der Waals surface area contributed by atoms with Crippen LogP contribution in [0.15, 0.2) is 29.2 Å². The van der Waals surface area contributed by atoms with Crippen molar-refractivity contribution in [2.24, 2.45) is 5.41 Å². The lowest BCUT2D eigenvalue weighted by molar-refractivity contribution is 0.213. The van der Waals surface area contributed by atoms with Crippen LogP contribution in [0.25, 0.3) is 0 Å². The Labute approximate surface area is 123 Å². The van der Waals surface area contributed by atoms with E-state index in [-0.39, 0.29) is 16.9 Å². The molecule has 0 aliphatic rings. The highest BCUT2D eigenvalue weighted by molar-refractivity contribution is 9.08. The van der Waals surface area contributed by atoms with E-state index in [1.54, 1.807) is 24.3 Å². The fourth-order valence-corrected chi connectivity index (χ4v) is 3.14. The summed E-state index contributed by atoms with van der Waals surface area (Å²) in [5, 5.41) is 9.62. The Morgan fingerprint density at radius 3 is 2.32 bits per heavy atom. The van der Waals surface area contributed by atoms with E-state index in [2.05, 4.69) is 20.7 Å². The molecule has 19 heavy (non-hydrogen) atoms. The van der Waals surface area contributed by atoms with Crippen LogP contribution in [0.1, 0.15) is 25.8 Å². The molecule has 0 fully saturated rings. The highest BCUT2D eigenvalue weighted by atomic mass is 79.9. The molecule has 0 aliphatic heterocycles. The van der Waals surface area contributed by atoms with E-state index in [0.29, 0.717) is 18.3 Å². The molecular formula is C13H20BrNO3S. The molecule has 0 unspecified atom stereocenters. The van der Waals surface area contributed by atoms with Crippen molar-refractivity contribution in [2.45, 2.75) is 30.5 Å². The second-order valence-corrected chi connectivity index (χ2v) is 7.57. The molecule has 0 amide bonds. The zero-order valence-electron chi connectivity index (χ0n) is 11.2. The van der Waals surface area contributed by atoms with E-state index in [1.165, 1.54) is 0 Å². The third kappa shape index (κ3) is 5.22. The molecule has 0 spiro atoms. The minimum Gasteiger partial charge on any atom is -0.396 e. The third-order valence-corrected chi connectivity index (χ3v) is 4.98. The Kier molecular flexibility index (Phi) is 5.98. The van der Waals surface area contributed by atoms with Crippen LogP contribution in [-0.4, -0.2) is 26.7 Å². The molecule has 0 saturated carbocycles. The quantitative estimate of drug-likeness (QED) is 0.742. The van der Waals surface area contributed by atoms with Gasteiger partial charge in [-0.25, -0.2) is 13.1 Å². The smallest absolute Gasteiger partial charge is 0.240 e. The van der Waals surface area contributed by atoms with Crippen LogP contribution in [0.2, 0.25) is 0 Å². The Morgan fingerprint density at radius 2 is 1.84 bits per heavy atom. The number of aliphatic hydroxyl groups is 1. The first kappa shape index (κ1) is 16.6. The largest absolute Gasteiger partial charge is 0.396 e. The summed E-state index contributed by atoms with van der Waals surface area (Å²) in [6.07, 6.45) is 0.554. The van der Waals surface area contributed by atoms with Gasteiger partial charge < -0.3 is 5.11 Å². The SMILES string of the molecule is CC(C)(CCO)CNS(=O)(=O)c1ccc(CBr)cc1. The number of rotatable bonds is 7. The van der Waals surface area contributed by atoms with Crippen LogP contribution < -0.4 is 4.72 Å². The van der Waals surface area contributed by atoms with Crippen LogP contribution in [-0.2, 0) is 15.4 Å². The minimum atomic E-state index is -3.48. The van der Waals surface area contributed by atoms with Gasteiger partial charge in [0.1, 0.15) is 0 Å².